The minimum atomic E-state index is 0.0117. The Kier molecular flexibility index (Phi) is 8.51. The summed E-state index contributed by atoms with van der Waals surface area (Å²) in [4.78, 5) is 10.9. The summed E-state index contributed by atoms with van der Waals surface area (Å²) in [6.07, 6.45) is 1.09. The van der Waals surface area contributed by atoms with Crippen molar-refractivity contribution in [3.05, 3.63) is 0 Å². The van der Waals surface area contributed by atoms with Gasteiger partial charge in [-0.15, -0.1) is 0 Å². The van der Waals surface area contributed by atoms with E-state index in [-0.39, 0.29) is 18.6 Å². The van der Waals surface area contributed by atoms with Gasteiger partial charge in [-0.1, -0.05) is 0 Å². The number of amides is 1. The number of methoxy groups -OCH3 is 1. The van der Waals surface area contributed by atoms with E-state index in [0.717, 1.165) is 0 Å². The lowest BCUT2D eigenvalue weighted by atomic mass is 10.2. The largest absolute Gasteiger partial charge is 0.396 e. The molecule has 3 N–H and O–H groups in total. The van der Waals surface area contributed by atoms with E-state index in [0.29, 0.717) is 26.0 Å². The molecule has 0 spiro atoms. The Morgan fingerprint density at radius 1 is 1.57 bits per heavy atom. The number of aliphatic hydroxyl groups excluding tert-OH is 1. The van der Waals surface area contributed by atoms with E-state index in [1.165, 1.54) is 0 Å². The molecule has 0 aromatic rings. The van der Waals surface area contributed by atoms with Gasteiger partial charge in [0.2, 0.25) is 5.91 Å². The smallest absolute Gasteiger partial charge is 0.221 e. The summed E-state index contributed by atoms with van der Waals surface area (Å²) in [6.45, 7) is 1.28. The van der Waals surface area contributed by atoms with E-state index >= 15 is 0 Å². The van der Waals surface area contributed by atoms with Gasteiger partial charge in [0.25, 0.3) is 0 Å². The van der Waals surface area contributed by atoms with Crippen LogP contribution in [0.25, 0.3) is 0 Å². The monoisotopic (exact) mass is 204 g/mol. The minimum absolute atomic E-state index is 0.0117. The van der Waals surface area contributed by atoms with Gasteiger partial charge in [-0.2, -0.15) is 0 Å². The van der Waals surface area contributed by atoms with Crippen LogP contribution in [-0.2, 0) is 9.53 Å². The van der Waals surface area contributed by atoms with Crippen LogP contribution in [0.4, 0.5) is 0 Å². The highest BCUT2D eigenvalue weighted by atomic mass is 16.5. The average molecular weight is 204 g/mol. The number of carbonyl (C=O) groups is 1. The zero-order valence-corrected chi connectivity index (χ0v) is 8.88. The van der Waals surface area contributed by atoms with Gasteiger partial charge in [-0.25, -0.2) is 0 Å². The van der Waals surface area contributed by atoms with Crippen molar-refractivity contribution in [2.24, 2.45) is 0 Å². The minimum Gasteiger partial charge on any atom is -0.396 e. The van der Waals surface area contributed by atoms with Crippen molar-refractivity contribution in [2.75, 3.05) is 33.9 Å². The van der Waals surface area contributed by atoms with Crippen molar-refractivity contribution in [1.82, 2.24) is 10.6 Å². The van der Waals surface area contributed by atoms with Crippen LogP contribution in [0.5, 0.6) is 0 Å². The highest BCUT2D eigenvalue weighted by Crippen LogP contribution is 1.92. The van der Waals surface area contributed by atoms with Crippen LogP contribution >= 0.6 is 0 Å². The first kappa shape index (κ1) is 13.4. The van der Waals surface area contributed by atoms with Gasteiger partial charge in [0, 0.05) is 39.8 Å². The Balaban J connectivity index is 3.54. The molecule has 0 fully saturated rings. The fraction of sp³-hybridized carbons (Fsp3) is 0.889. The molecule has 0 aliphatic heterocycles. The number of ether oxygens (including phenoxy) is 1. The normalized spacial score (nSPS) is 12.5. The summed E-state index contributed by atoms with van der Waals surface area (Å²) < 4.78 is 4.97. The Morgan fingerprint density at radius 2 is 2.29 bits per heavy atom. The Bertz CT molecular complexity index is 147. The second-order valence-corrected chi connectivity index (χ2v) is 3.04. The van der Waals surface area contributed by atoms with Gasteiger partial charge in [0.05, 0.1) is 6.61 Å². The molecule has 5 heteroatoms. The Labute approximate surface area is 84.8 Å². The first-order chi connectivity index (χ1) is 6.74. The standard InChI is InChI=1S/C9H20N2O3/c1-10-9(13)3-5-11-8(4-6-12)7-14-2/h8,11-12H,3-7H2,1-2H3,(H,10,13). The van der Waals surface area contributed by atoms with Gasteiger partial charge in [0.15, 0.2) is 0 Å². The summed E-state index contributed by atoms with van der Waals surface area (Å²) in [5.74, 6) is 0.0117. The van der Waals surface area contributed by atoms with Crippen molar-refractivity contribution in [1.29, 1.82) is 0 Å². The number of rotatable bonds is 8. The van der Waals surface area contributed by atoms with Gasteiger partial charge in [-0.05, 0) is 6.42 Å². The van der Waals surface area contributed by atoms with Gasteiger partial charge >= 0.3 is 0 Å². The van der Waals surface area contributed by atoms with Crippen LogP contribution in [0, 0.1) is 0 Å². The molecular weight excluding hydrogens is 184 g/mol. The molecule has 0 aliphatic carbocycles. The molecule has 0 rings (SSSR count). The van der Waals surface area contributed by atoms with Crippen LogP contribution in [-0.4, -0.2) is 51.0 Å². The fourth-order valence-electron chi connectivity index (χ4n) is 1.12. The Morgan fingerprint density at radius 3 is 2.79 bits per heavy atom. The van der Waals surface area contributed by atoms with E-state index < -0.39 is 0 Å². The second-order valence-electron chi connectivity index (χ2n) is 3.04. The molecule has 0 radical (unpaired) electrons. The van der Waals surface area contributed by atoms with Gasteiger partial charge in [0.1, 0.15) is 0 Å². The van der Waals surface area contributed by atoms with Crippen molar-refractivity contribution >= 4 is 5.91 Å². The second kappa shape index (κ2) is 8.93. The van der Waals surface area contributed by atoms with Crippen LogP contribution in [0.3, 0.4) is 0 Å². The molecule has 14 heavy (non-hydrogen) atoms. The molecule has 0 saturated heterocycles. The molecule has 0 aromatic carbocycles. The van der Waals surface area contributed by atoms with Crippen molar-refractivity contribution in [3.63, 3.8) is 0 Å². The average Bonchev–Trinajstić information content (AvgIpc) is 2.18. The van der Waals surface area contributed by atoms with E-state index in [9.17, 15) is 4.79 Å². The predicted molar refractivity (Wildman–Crippen MR) is 54.1 cm³/mol. The molecule has 1 unspecified atom stereocenters. The summed E-state index contributed by atoms with van der Waals surface area (Å²) in [5, 5.41) is 14.4. The maximum atomic E-state index is 10.9. The summed E-state index contributed by atoms with van der Waals surface area (Å²) >= 11 is 0. The lowest BCUT2D eigenvalue weighted by molar-refractivity contribution is -0.120. The molecule has 0 saturated carbocycles. The molecule has 0 aromatic heterocycles. The first-order valence-electron chi connectivity index (χ1n) is 4.78. The van der Waals surface area contributed by atoms with Crippen LogP contribution in [0.2, 0.25) is 0 Å². The zero-order chi connectivity index (χ0) is 10.8. The quantitative estimate of drug-likeness (QED) is 0.480. The topological polar surface area (TPSA) is 70.6 Å². The summed E-state index contributed by atoms with van der Waals surface area (Å²) in [5.41, 5.74) is 0. The highest BCUT2D eigenvalue weighted by molar-refractivity contribution is 5.75. The number of carbonyl (C=O) groups excluding carboxylic acids is 1. The maximum Gasteiger partial charge on any atom is 0.221 e. The molecule has 1 amide bonds. The lowest BCUT2D eigenvalue weighted by Gasteiger charge is -2.16. The van der Waals surface area contributed by atoms with Gasteiger partial charge < -0.3 is 20.5 Å². The molecule has 5 nitrogen and oxygen atoms in total. The van der Waals surface area contributed by atoms with Crippen molar-refractivity contribution < 1.29 is 14.6 Å². The fourth-order valence-corrected chi connectivity index (χ4v) is 1.12. The van der Waals surface area contributed by atoms with Crippen molar-refractivity contribution in [3.8, 4) is 0 Å². The van der Waals surface area contributed by atoms with E-state index in [2.05, 4.69) is 10.6 Å². The van der Waals surface area contributed by atoms with E-state index in [1.54, 1.807) is 14.2 Å². The SMILES string of the molecule is CNC(=O)CCNC(CCO)COC. The van der Waals surface area contributed by atoms with Gasteiger partial charge in [-0.3, -0.25) is 4.79 Å². The maximum absolute atomic E-state index is 10.9. The molecular formula is C9H20N2O3. The van der Waals surface area contributed by atoms with E-state index in [1.807, 2.05) is 0 Å². The van der Waals surface area contributed by atoms with Crippen LogP contribution in [0.1, 0.15) is 12.8 Å². The number of nitrogens with one attached hydrogen (secondary N) is 2. The highest BCUT2D eigenvalue weighted by Gasteiger charge is 2.07. The third kappa shape index (κ3) is 6.82. The molecule has 84 valence electrons. The summed E-state index contributed by atoms with van der Waals surface area (Å²) in [7, 11) is 3.23. The lowest BCUT2D eigenvalue weighted by Crippen LogP contribution is -2.36. The molecule has 1 atom stereocenters. The Hall–Kier alpha value is -0.650. The van der Waals surface area contributed by atoms with Crippen LogP contribution < -0.4 is 10.6 Å². The number of hydrogen-bond donors (Lipinski definition) is 3. The van der Waals surface area contributed by atoms with E-state index in [4.69, 9.17) is 9.84 Å². The number of hydrogen-bond acceptors (Lipinski definition) is 4. The van der Waals surface area contributed by atoms with Crippen molar-refractivity contribution in [2.45, 2.75) is 18.9 Å². The predicted octanol–water partition coefficient (Wildman–Crippen LogP) is -0.890. The third-order valence-corrected chi connectivity index (χ3v) is 1.91. The van der Waals surface area contributed by atoms with Crippen LogP contribution in [0.15, 0.2) is 0 Å². The molecule has 0 aliphatic rings. The summed E-state index contributed by atoms with van der Waals surface area (Å²) in [6, 6.07) is 0.120. The zero-order valence-electron chi connectivity index (χ0n) is 8.88. The number of aliphatic hydroxyl groups is 1. The first-order valence-corrected chi connectivity index (χ1v) is 4.78. The third-order valence-electron chi connectivity index (χ3n) is 1.91. The molecule has 0 bridgehead atoms. The molecule has 0 heterocycles.